The third kappa shape index (κ3) is 3.04. The molecule has 1 aliphatic rings. The molecule has 19 heavy (non-hydrogen) atoms. The van der Waals surface area contributed by atoms with E-state index in [1.54, 1.807) is 18.2 Å². The number of carbonyl (C=O) groups excluding carboxylic acids is 1. The number of para-hydroxylation sites is 1. The Labute approximate surface area is 112 Å². The van der Waals surface area contributed by atoms with Crippen molar-refractivity contribution in [2.75, 3.05) is 25.5 Å². The Morgan fingerprint density at radius 2 is 2.21 bits per heavy atom. The molecule has 2 N–H and O–H groups in total. The number of benzene rings is 1. The van der Waals surface area contributed by atoms with E-state index in [4.69, 9.17) is 10.00 Å². The average Bonchev–Trinajstić information content (AvgIpc) is 2.48. The molecule has 1 heterocycles. The molecule has 0 unspecified atom stereocenters. The lowest BCUT2D eigenvalue weighted by Gasteiger charge is -2.22. The number of hydrogen-bond acceptors (Lipinski definition) is 4. The molecule has 2 rings (SSSR count). The summed E-state index contributed by atoms with van der Waals surface area (Å²) in [4.78, 5) is 12.2. The summed E-state index contributed by atoms with van der Waals surface area (Å²) in [6, 6.07) is 7.21. The van der Waals surface area contributed by atoms with Gasteiger partial charge in [-0.15, -0.1) is 0 Å². The van der Waals surface area contributed by atoms with Gasteiger partial charge in [0.25, 0.3) is 0 Å². The number of nitriles is 1. The van der Waals surface area contributed by atoms with E-state index in [0.717, 1.165) is 25.9 Å². The molecule has 0 bridgehead atoms. The van der Waals surface area contributed by atoms with Gasteiger partial charge in [-0.25, -0.2) is 0 Å². The minimum atomic E-state index is -0.0394. The molecule has 0 radical (unpaired) electrons. The standard InChI is InChI=1S/C14H17N3O2/c1-19-12-4-2-3-11(9-15)13(12)17-14(18)10-5-7-16-8-6-10/h2-4,10,16H,5-8H2,1H3,(H,17,18). The van der Waals surface area contributed by atoms with Crippen LogP contribution in [0.2, 0.25) is 0 Å². The Morgan fingerprint density at radius 3 is 2.84 bits per heavy atom. The molecular formula is C14H17N3O2. The zero-order valence-corrected chi connectivity index (χ0v) is 10.9. The first kappa shape index (κ1) is 13.4. The fraction of sp³-hybridized carbons (Fsp3) is 0.429. The van der Waals surface area contributed by atoms with E-state index in [2.05, 4.69) is 16.7 Å². The number of anilines is 1. The third-order valence-corrected chi connectivity index (χ3v) is 3.32. The highest BCUT2D eigenvalue weighted by molar-refractivity contribution is 5.95. The summed E-state index contributed by atoms with van der Waals surface area (Å²) in [6.07, 6.45) is 1.64. The molecule has 0 saturated carbocycles. The minimum absolute atomic E-state index is 0.00212. The normalized spacial score (nSPS) is 15.6. The van der Waals surface area contributed by atoms with Crippen LogP contribution < -0.4 is 15.4 Å². The molecule has 1 fully saturated rings. The van der Waals surface area contributed by atoms with E-state index >= 15 is 0 Å². The van der Waals surface area contributed by atoms with Gasteiger partial charge in [-0.1, -0.05) is 6.07 Å². The van der Waals surface area contributed by atoms with Gasteiger partial charge in [0.2, 0.25) is 5.91 Å². The molecule has 5 heteroatoms. The average molecular weight is 259 g/mol. The number of hydrogen-bond donors (Lipinski definition) is 2. The zero-order chi connectivity index (χ0) is 13.7. The third-order valence-electron chi connectivity index (χ3n) is 3.32. The Balaban J connectivity index is 2.18. The number of amides is 1. The van der Waals surface area contributed by atoms with Gasteiger partial charge in [-0.2, -0.15) is 5.26 Å². The molecule has 1 aromatic carbocycles. The second kappa shape index (κ2) is 6.21. The number of nitrogens with zero attached hydrogens (tertiary/aromatic N) is 1. The first-order chi connectivity index (χ1) is 9.26. The molecule has 1 aliphatic heterocycles. The van der Waals surface area contributed by atoms with Gasteiger partial charge in [-0.05, 0) is 38.1 Å². The first-order valence-corrected chi connectivity index (χ1v) is 6.35. The predicted octanol–water partition coefficient (Wildman–Crippen LogP) is 1.50. The molecule has 100 valence electrons. The molecule has 1 amide bonds. The minimum Gasteiger partial charge on any atom is -0.495 e. The van der Waals surface area contributed by atoms with Crippen LogP contribution in [0, 0.1) is 17.2 Å². The van der Waals surface area contributed by atoms with Crippen molar-refractivity contribution in [1.29, 1.82) is 5.26 Å². The number of piperidine rings is 1. The van der Waals surface area contributed by atoms with Crippen molar-refractivity contribution < 1.29 is 9.53 Å². The van der Waals surface area contributed by atoms with Crippen LogP contribution in [0.4, 0.5) is 5.69 Å². The number of ether oxygens (including phenoxy) is 1. The van der Waals surface area contributed by atoms with E-state index in [9.17, 15) is 4.79 Å². The number of rotatable bonds is 3. The highest BCUT2D eigenvalue weighted by Gasteiger charge is 2.22. The van der Waals surface area contributed by atoms with Gasteiger partial charge in [0.1, 0.15) is 17.5 Å². The van der Waals surface area contributed by atoms with E-state index in [1.165, 1.54) is 7.11 Å². The van der Waals surface area contributed by atoms with Crippen molar-refractivity contribution >= 4 is 11.6 Å². The fourth-order valence-electron chi connectivity index (χ4n) is 2.23. The summed E-state index contributed by atoms with van der Waals surface area (Å²) in [7, 11) is 1.52. The van der Waals surface area contributed by atoms with E-state index in [1.807, 2.05) is 0 Å². The number of nitrogens with one attached hydrogen (secondary N) is 2. The second-order valence-corrected chi connectivity index (χ2v) is 4.51. The molecular weight excluding hydrogens is 242 g/mol. The Kier molecular flexibility index (Phi) is 4.37. The van der Waals surface area contributed by atoms with E-state index in [0.29, 0.717) is 17.0 Å². The maximum atomic E-state index is 12.2. The van der Waals surface area contributed by atoms with Crippen molar-refractivity contribution in [2.45, 2.75) is 12.8 Å². The van der Waals surface area contributed by atoms with Crippen LogP contribution >= 0.6 is 0 Å². The summed E-state index contributed by atoms with van der Waals surface area (Å²) in [5.74, 6) is 0.474. The highest BCUT2D eigenvalue weighted by Crippen LogP contribution is 2.28. The molecule has 0 spiro atoms. The molecule has 1 saturated heterocycles. The van der Waals surface area contributed by atoms with E-state index in [-0.39, 0.29) is 11.8 Å². The molecule has 0 aromatic heterocycles. The maximum Gasteiger partial charge on any atom is 0.227 e. The quantitative estimate of drug-likeness (QED) is 0.862. The van der Waals surface area contributed by atoms with Crippen LogP contribution in [0.5, 0.6) is 5.75 Å². The summed E-state index contributed by atoms with van der Waals surface area (Å²) in [5, 5.41) is 15.2. The largest absolute Gasteiger partial charge is 0.495 e. The van der Waals surface area contributed by atoms with Gasteiger partial charge in [0.15, 0.2) is 0 Å². The summed E-state index contributed by atoms with van der Waals surface area (Å²) < 4.78 is 5.20. The van der Waals surface area contributed by atoms with Crippen LogP contribution in [-0.2, 0) is 4.79 Å². The highest BCUT2D eigenvalue weighted by atomic mass is 16.5. The van der Waals surface area contributed by atoms with Gasteiger partial charge in [0.05, 0.1) is 12.7 Å². The van der Waals surface area contributed by atoms with Crippen LogP contribution in [0.1, 0.15) is 18.4 Å². The summed E-state index contributed by atoms with van der Waals surface area (Å²) >= 11 is 0. The predicted molar refractivity (Wildman–Crippen MR) is 71.9 cm³/mol. The van der Waals surface area contributed by atoms with Crippen LogP contribution in [0.15, 0.2) is 18.2 Å². The van der Waals surface area contributed by atoms with Crippen molar-refractivity contribution in [2.24, 2.45) is 5.92 Å². The summed E-state index contributed by atoms with van der Waals surface area (Å²) in [5.41, 5.74) is 0.887. The van der Waals surface area contributed by atoms with Crippen LogP contribution in [-0.4, -0.2) is 26.1 Å². The maximum absolute atomic E-state index is 12.2. The molecule has 5 nitrogen and oxygen atoms in total. The van der Waals surface area contributed by atoms with Crippen molar-refractivity contribution in [3.8, 4) is 11.8 Å². The van der Waals surface area contributed by atoms with Crippen molar-refractivity contribution in [3.05, 3.63) is 23.8 Å². The van der Waals surface area contributed by atoms with Crippen molar-refractivity contribution in [3.63, 3.8) is 0 Å². The Morgan fingerprint density at radius 1 is 1.47 bits per heavy atom. The van der Waals surface area contributed by atoms with Gasteiger partial charge < -0.3 is 15.4 Å². The van der Waals surface area contributed by atoms with Gasteiger partial charge >= 0.3 is 0 Å². The lowest BCUT2D eigenvalue weighted by atomic mass is 9.97. The molecule has 0 atom stereocenters. The fourth-order valence-corrected chi connectivity index (χ4v) is 2.23. The zero-order valence-electron chi connectivity index (χ0n) is 10.9. The van der Waals surface area contributed by atoms with Crippen molar-refractivity contribution in [1.82, 2.24) is 5.32 Å². The lowest BCUT2D eigenvalue weighted by Crippen LogP contribution is -2.34. The number of carbonyl (C=O) groups is 1. The topological polar surface area (TPSA) is 74.1 Å². The summed E-state index contributed by atoms with van der Waals surface area (Å²) in [6.45, 7) is 1.71. The number of methoxy groups -OCH3 is 1. The Bertz CT molecular complexity index is 502. The molecule has 0 aliphatic carbocycles. The van der Waals surface area contributed by atoms with Crippen LogP contribution in [0.25, 0.3) is 0 Å². The second-order valence-electron chi connectivity index (χ2n) is 4.51. The Hall–Kier alpha value is -2.06. The lowest BCUT2D eigenvalue weighted by molar-refractivity contribution is -0.120. The molecule has 1 aromatic rings. The monoisotopic (exact) mass is 259 g/mol. The smallest absolute Gasteiger partial charge is 0.227 e. The van der Waals surface area contributed by atoms with Crippen LogP contribution in [0.3, 0.4) is 0 Å². The SMILES string of the molecule is COc1cccc(C#N)c1NC(=O)C1CCNCC1. The van der Waals surface area contributed by atoms with Gasteiger partial charge in [-0.3, -0.25) is 4.79 Å². The first-order valence-electron chi connectivity index (χ1n) is 6.35. The van der Waals surface area contributed by atoms with E-state index < -0.39 is 0 Å². The van der Waals surface area contributed by atoms with Gasteiger partial charge in [0, 0.05) is 5.92 Å².